The molecule has 0 amide bonds. The summed E-state index contributed by atoms with van der Waals surface area (Å²) in [6.45, 7) is 22.3. The lowest BCUT2D eigenvalue weighted by Crippen LogP contribution is -2.66. The number of rotatable bonds is 1. The molecule has 5 fully saturated rings. The third-order valence-electron chi connectivity index (χ3n) is 13.5. The molecule has 0 aliphatic heterocycles. The van der Waals surface area contributed by atoms with E-state index < -0.39 is 0 Å². The fraction of sp³-hybridized carbons (Fsp3) is 0.933. The fourth-order valence-electron chi connectivity index (χ4n) is 11.5. The molecule has 10 atom stereocenters. The highest BCUT2D eigenvalue weighted by Gasteiger charge is 2.70. The van der Waals surface area contributed by atoms with Crippen LogP contribution in [0.4, 0.5) is 0 Å². The van der Waals surface area contributed by atoms with Crippen molar-refractivity contribution in [2.24, 2.45) is 56.7 Å². The summed E-state index contributed by atoms with van der Waals surface area (Å²) in [5, 5.41) is 10.9. The molecule has 0 aromatic rings. The van der Waals surface area contributed by atoms with Crippen molar-refractivity contribution in [3.8, 4) is 0 Å². The molecule has 0 radical (unpaired) electrons. The van der Waals surface area contributed by atoms with Gasteiger partial charge in [0.1, 0.15) is 0 Å². The summed E-state index contributed by atoms with van der Waals surface area (Å²) >= 11 is 0. The molecule has 1 unspecified atom stereocenters. The van der Waals surface area contributed by atoms with E-state index in [-0.39, 0.29) is 11.5 Å². The van der Waals surface area contributed by atoms with Crippen LogP contribution in [0, 0.1) is 56.7 Å². The van der Waals surface area contributed by atoms with Crippen molar-refractivity contribution in [2.45, 2.75) is 119 Å². The van der Waals surface area contributed by atoms with Gasteiger partial charge >= 0.3 is 0 Å². The van der Waals surface area contributed by atoms with Crippen molar-refractivity contribution >= 4 is 0 Å². The predicted octanol–water partition coefficient (Wildman–Crippen LogP) is 8.02. The Morgan fingerprint density at radius 2 is 1.45 bits per heavy atom. The van der Waals surface area contributed by atoms with Crippen LogP contribution in [-0.4, -0.2) is 11.2 Å². The molecule has 31 heavy (non-hydrogen) atoms. The van der Waals surface area contributed by atoms with E-state index >= 15 is 0 Å². The normalized spacial score (nSPS) is 57.9. The highest BCUT2D eigenvalue weighted by atomic mass is 16.3. The first-order chi connectivity index (χ1) is 14.3. The zero-order valence-corrected chi connectivity index (χ0v) is 21.7. The van der Waals surface area contributed by atoms with Gasteiger partial charge < -0.3 is 5.11 Å². The third-order valence-corrected chi connectivity index (χ3v) is 13.5. The van der Waals surface area contributed by atoms with Gasteiger partial charge in [-0.2, -0.15) is 0 Å². The van der Waals surface area contributed by atoms with Crippen molar-refractivity contribution < 1.29 is 5.11 Å². The second-order valence-corrected chi connectivity index (χ2v) is 14.7. The zero-order valence-electron chi connectivity index (χ0n) is 21.7. The Hall–Kier alpha value is -0.300. The molecule has 5 saturated carbocycles. The molecule has 1 N–H and O–H groups in total. The van der Waals surface area contributed by atoms with Gasteiger partial charge in [0, 0.05) is 0 Å². The molecule has 1 nitrogen and oxygen atoms in total. The van der Waals surface area contributed by atoms with Gasteiger partial charge in [0.05, 0.1) is 6.10 Å². The number of fused-ring (bicyclic) bond motifs is 7. The topological polar surface area (TPSA) is 20.2 Å². The minimum atomic E-state index is -0.118. The van der Waals surface area contributed by atoms with Gasteiger partial charge in [-0.1, -0.05) is 53.7 Å². The van der Waals surface area contributed by atoms with Crippen LogP contribution < -0.4 is 0 Å². The van der Waals surface area contributed by atoms with Gasteiger partial charge in [-0.25, -0.2) is 0 Å². The van der Waals surface area contributed by atoms with Gasteiger partial charge in [0.15, 0.2) is 0 Å². The van der Waals surface area contributed by atoms with Crippen molar-refractivity contribution in [3.63, 3.8) is 0 Å². The van der Waals surface area contributed by atoms with Crippen molar-refractivity contribution in [3.05, 3.63) is 12.2 Å². The van der Waals surface area contributed by atoms with Crippen LogP contribution in [-0.2, 0) is 0 Å². The first-order valence-corrected chi connectivity index (χ1v) is 13.6. The van der Waals surface area contributed by atoms with E-state index in [9.17, 15) is 5.11 Å². The number of aliphatic hydroxyl groups is 1. The third kappa shape index (κ3) is 2.65. The standard InChI is InChI=1S/C30H50O/c1-19(2)20-11-14-27(5)17-18-29(7)21(25(20)27)9-10-23-28(6)15-13-24(31)26(3,4)22(28)12-16-30(23,29)8/h20-25,31H,1,9-18H2,2-8H3/t20-,21+,22-,23+,24-,25+,27+,28-,29?,30+/m0/s1. The second-order valence-electron chi connectivity index (χ2n) is 14.7. The molecule has 5 aliphatic carbocycles. The minimum absolute atomic E-state index is 0.0632. The summed E-state index contributed by atoms with van der Waals surface area (Å²) in [7, 11) is 0. The Balaban J connectivity index is 1.54. The number of hydrogen-bond donors (Lipinski definition) is 1. The van der Waals surface area contributed by atoms with Crippen LogP contribution in [0.25, 0.3) is 0 Å². The van der Waals surface area contributed by atoms with E-state index in [1.807, 2.05) is 0 Å². The summed E-state index contributed by atoms with van der Waals surface area (Å²) in [5.74, 6) is 3.98. The van der Waals surface area contributed by atoms with Gasteiger partial charge in [-0.05, 0) is 128 Å². The molecule has 5 rings (SSSR count). The largest absolute Gasteiger partial charge is 0.393 e. The maximum absolute atomic E-state index is 10.9. The summed E-state index contributed by atoms with van der Waals surface area (Å²) in [6, 6.07) is 0. The predicted molar refractivity (Wildman–Crippen MR) is 131 cm³/mol. The summed E-state index contributed by atoms with van der Waals surface area (Å²) in [6.07, 6.45) is 13.4. The molecular formula is C30H50O. The molecule has 0 aromatic carbocycles. The van der Waals surface area contributed by atoms with Crippen LogP contribution >= 0.6 is 0 Å². The fourth-order valence-corrected chi connectivity index (χ4v) is 11.5. The van der Waals surface area contributed by atoms with E-state index in [0.717, 1.165) is 30.1 Å². The SMILES string of the molecule is C=C(C)[C@@H]1CC[C@]2(C)CCC3(C)[C@H](CC[C@@H]4[C@@]5(C)CC[C@H](O)C(C)(C)[C@@H]5CC[C@]43C)[C@@H]12. The number of allylic oxidation sites excluding steroid dienone is 1. The quantitative estimate of drug-likeness (QED) is 0.421. The van der Waals surface area contributed by atoms with Crippen LogP contribution in [0.5, 0.6) is 0 Å². The highest BCUT2D eigenvalue weighted by Crippen LogP contribution is 2.77. The first kappa shape index (κ1) is 22.5. The van der Waals surface area contributed by atoms with Crippen molar-refractivity contribution in [1.82, 2.24) is 0 Å². The van der Waals surface area contributed by atoms with Crippen LogP contribution in [0.15, 0.2) is 12.2 Å². The molecule has 0 aromatic heterocycles. The van der Waals surface area contributed by atoms with Crippen LogP contribution in [0.1, 0.15) is 113 Å². The Labute approximate surface area is 192 Å². The van der Waals surface area contributed by atoms with Crippen molar-refractivity contribution in [2.75, 3.05) is 0 Å². The number of aliphatic hydroxyl groups excluding tert-OH is 1. The lowest BCUT2D eigenvalue weighted by atomic mass is 9.32. The Kier molecular flexibility index (Phi) is 4.82. The Morgan fingerprint density at radius 1 is 0.742 bits per heavy atom. The van der Waals surface area contributed by atoms with Crippen LogP contribution in [0.3, 0.4) is 0 Å². The molecule has 0 saturated heterocycles. The molecule has 0 heterocycles. The number of hydrogen-bond acceptors (Lipinski definition) is 1. The van der Waals surface area contributed by atoms with E-state index in [1.54, 1.807) is 0 Å². The summed E-state index contributed by atoms with van der Waals surface area (Å²) in [5.41, 5.74) is 3.38. The summed E-state index contributed by atoms with van der Waals surface area (Å²) < 4.78 is 0. The van der Waals surface area contributed by atoms with Gasteiger partial charge in [0.25, 0.3) is 0 Å². The maximum atomic E-state index is 10.9. The molecule has 176 valence electrons. The lowest BCUT2D eigenvalue weighted by molar-refractivity contribution is -0.246. The maximum Gasteiger partial charge on any atom is 0.0594 e. The van der Waals surface area contributed by atoms with Gasteiger partial charge in [-0.3, -0.25) is 0 Å². The molecule has 0 bridgehead atoms. The monoisotopic (exact) mass is 426 g/mol. The first-order valence-electron chi connectivity index (χ1n) is 13.6. The smallest absolute Gasteiger partial charge is 0.0594 e. The van der Waals surface area contributed by atoms with E-state index in [0.29, 0.717) is 27.6 Å². The van der Waals surface area contributed by atoms with Crippen molar-refractivity contribution in [1.29, 1.82) is 0 Å². The molecular weight excluding hydrogens is 376 g/mol. The zero-order chi connectivity index (χ0) is 22.6. The molecule has 5 aliphatic rings. The Morgan fingerprint density at radius 3 is 2.13 bits per heavy atom. The summed E-state index contributed by atoms with van der Waals surface area (Å²) in [4.78, 5) is 0. The highest BCUT2D eigenvalue weighted by molar-refractivity contribution is 5.21. The van der Waals surface area contributed by atoms with Gasteiger partial charge in [-0.15, -0.1) is 0 Å². The van der Waals surface area contributed by atoms with E-state index in [4.69, 9.17) is 0 Å². The second kappa shape index (κ2) is 6.64. The average molecular weight is 427 g/mol. The molecule has 1 heteroatoms. The van der Waals surface area contributed by atoms with Gasteiger partial charge in [0.2, 0.25) is 0 Å². The Bertz CT molecular complexity index is 766. The lowest BCUT2D eigenvalue weighted by Gasteiger charge is -2.73. The minimum Gasteiger partial charge on any atom is -0.393 e. The molecule has 0 spiro atoms. The van der Waals surface area contributed by atoms with Crippen LogP contribution in [0.2, 0.25) is 0 Å². The van der Waals surface area contributed by atoms with E-state index in [1.165, 1.54) is 63.4 Å². The average Bonchev–Trinajstić information content (AvgIpc) is 3.04. The van der Waals surface area contributed by atoms with E-state index in [2.05, 4.69) is 55.0 Å².